The second kappa shape index (κ2) is 9.69. The summed E-state index contributed by atoms with van der Waals surface area (Å²) in [4.78, 5) is 41.4. The number of benzene rings is 1. The topological polar surface area (TPSA) is 99.8 Å². The number of aliphatic imine (C=N–C) groups is 1. The number of carbonyl (C=O) groups excluding carboxylic acids is 3. The van der Waals surface area contributed by atoms with Crippen LogP contribution in [0, 0.1) is 24.2 Å². The Morgan fingerprint density at radius 2 is 2.07 bits per heavy atom. The van der Waals surface area contributed by atoms with Gasteiger partial charge in [-0.3, -0.25) is 24.3 Å². The number of amides is 2. The highest BCUT2D eigenvalue weighted by atomic mass is 32.2. The molecule has 1 aromatic rings. The summed E-state index contributed by atoms with van der Waals surface area (Å²) in [6.07, 6.45) is 2.86. The van der Waals surface area contributed by atoms with Crippen LogP contribution in [0.3, 0.4) is 0 Å². The SMILES string of the molecule is CCOC(=O)[C@H](C#N)C=NCCN1C(=O)S/C(=C\c2ccc(C)cc2)C1=O. The maximum Gasteiger partial charge on any atom is 0.328 e. The summed E-state index contributed by atoms with van der Waals surface area (Å²) in [7, 11) is 0. The molecule has 1 fully saturated rings. The molecule has 1 aromatic carbocycles. The molecule has 1 atom stereocenters. The molecule has 0 aromatic heterocycles. The summed E-state index contributed by atoms with van der Waals surface area (Å²) in [5.41, 5.74) is 1.95. The number of rotatable bonds is 7. The minimum absolute atomic E-state index is 0.0768. The van der Waals surface area contributed by atoms with Crippen molar-refractivity contribution in [3.63, 3.8) is 0 Å². The monoisotopic (exact) mass is 385 g/mol. The van der Waals surface area contributed by atoms with E-state index in [0.717, 1.165) is 27.8 Å². The van der Waals surface area contributed by atoms with Gasteiger partial charge < -0.3 is 4.74 Å². The number of aryl methyl sites for hydroxylation is 1. The summed E-state index contributed by atoms with van der Waals surface area (Å²) >= 11 is 0.881. The van der Waals surface area contributed by atoms with Crippen LogP contribution in [0.1, 0.15) is 18.1 Å². The quantitative estimate of drug-likeness (QED) is 0.406. The highest BCUT2D eigenvalue weighted by Crippen LogP contribution is 2.31. The summed E-state index contributed by atoms with van der Waals surface area (Å²) in [6.45, 7) is 3.97. The molecule has 0 radical (unpaired) electrons. The van der Waals surface area contributed by atoms with Crippen LogP contribution in [-0.2, 0) is 14.3 Å². The van der Waals surface area contributed by atoms with Gasteiger partial charge in [0.05, 0.1) is 24.1 Å². The third-order valence-electron chi connectivity index (χ3n) is 3.64. The van der Waals surface area contributed by atoms with Gasteiger partial charge in [-0.05, 0) is 37.2 Å². The van der Waals surface area contributed by atoms with Gasteiger partial charge in [-0.2, -0.15) is 5.26 Å². The lowest BCUT2D eigenvalue weighted by Gasteiger charge is -2.10. The van der Waals surface area contributed by atoms with Crippen LogP contribution < -0.4 is 0 Å². The fourth-order valence-corrected chi connectivity index (χ4v) is 3.09. The Kier molecular flexibility index (Phi) is 7.32. The molecule has 0 unspecified atom stereocenters. The summed E-state index contributed by atoms with van der Waals surface area (Å²) in [5.74, 6) is -2.14. The fraction of sp³-hybridized carbons (Fsp3) is 0.316. The second-order valence-corrected chi connectivity index (χ2v) is 6.65. The van der Waals surface area contributed by atoms with Crippen LogP contribution in [0.25, 0.3) is 6.08 Å². The predicted octanol–water partition coefficient (Wildman–Crippen LogP) is 2.81. The lowest BCUT2D eigenvalue weighted by molar-refractivity contribution is -0.143. The van der Waals surface area contributed by atoms with Gasteiger partial charge in [0.2, 0.25) is 0 Å². The van der Waals surface area contributed by atoms with Crippen molar-refractivity contribution in [3.05, 3.63) is 40.3 Å². The molecule has 2 rings (SSSR count). The average molecular weight is 385 g/mol. The van der Waals surface area contributed by atoms with E-state index in [9.17, 15) is 14.4 Å². The number of ether oxygens (including phenoxy) is 1. The van der Waals surface area contributed by atoms with E-state index in [-0.39, 0.29) is 30.8 Å². The molecule has 1 heterocycles. The van der Waals surface area contributed by atoms with Gasteiger partial charge in [-0.25, -0.2) is 0 Å². The van der Waals surface area contributed by atoms with Gasteiger partial charge in [0.25, 0.3) is 11.1 Å². The molecule has 8 heteroatoms. The van der Waals surface area contributed by atoms with Crippen LogP contribution in [-0.4, -0.2) is 47.9 Å². The van der Waals surface area contributed by atoms with Crippen LogP contribution in [0.4, 0.5) is 4.79 Å². The molecule has 0 aliphatic carbocycles. The Morgan fingerprint density at radius 3 is 2.70 bits per heavy atom. The van der Waals surface area contributed by atoms with E-state index < -0.39 is 11.9 Å². The summed E-state index contributed by atoms with van der Waals surface area (Å²) in [5, 5.41) is 8.57. The molecule has 2 amide bonds. The standard InChI is InChI=1S/C19H19N3O4S/c1-3-26-18(24)15(11-20)12-21-8-9-22-17(23)16(27-19(22)25)10-14-6-4-13(2)5-7-14/h4-7,10,12,15H,3,8-9H2,1-2H3/b16-10-,21-12?/t15-/m1/s1. The Bertz CT molecular complexity index is 824. The van der Waals surface area contributed by atoms with Crippen LogP contribution in [0.5, 0.6) is 0 Å². The molecule has 1 aliphatic heterocycles. The minimum atomic E-state index is -1.10. The smallest absolute Gasteiger partial charge is 0.328 e. The van der Waals surface area contributed by atoms with Crippen molar-refractivity contribution < 1.29 is 19.1 Å². The Morgan fingerprint density at radius 1 is 1.37 bits per heavy atom. The number of carbonyl (C=O) groups is 3. The molecule has 0 saturated carbocycles. The van der Waals surface area contributed by atoms with Crippen molar-refractivity contribution in [2.75, 3.05) is 19.7 Å². The number of hydrogen-bond donors (Lipinski definition) is 0. The van der Waals surface area contributed by atoms with E-state index in [1.807, 2.05) is 31.2 Å². The maximum absolute atomic E-state index is 12.4. The van der Waals surface area contributed by atoms with Crippen molar-refractivity contribution in [2.45, 2.75) is 13.8 Å². The van der Waals surface area contributed by atoms with E-state index in [1.54, 1.807) is 19.1 Å². The molecular weight excluding hydrogens is 366 g/mol. The molecular formula is C19H19N3O4S. The van der Waals surface area contributed by atoms with Crippen molar-refractivity contribution in [2.24, 2.45) is 10.9 Å². The van der Waals surface area contributed by atoms with E-state index in [1.165, 1.54) is 6.21 Å². The molecule has 7 nitrogen and oxygen atoms in total. The molecule has 140 valence electrons. The van der Waals surface area contributed by atoms with Crippen molar-refractivity contribution in [3.8, 4) is 6.07 Å². The van der Waals surface area contributed by atoms with Gasteiger partial charge in [-0.15, -0.1) is 0 Å². The zero-order valence-electron chi connectivity index (χ0n) is 15.0. The van der Waals surface area contributed by atoms with Crippen molar-refractivity contribution >= 4 is 41.2 Å². The first-order valence-corrected chi connectivity index (χ1v) is 9.16. The van der Waals surface area contributed by atoms with Crippen LogP contribution in [0.15, 0.2) is 34.2 Å². The second-order valence-electron chi connectivity index (χ2n) is 5.66. The highest BCUT2D eigenvalue weighted by Gasteiger charge is 2.34. The largest absolute Gasteiger partial charge is 0.465 e. The first-order valence-electron chi connectivity index (χ1n) is 8.34. The molecule has 1 saturated heterocycles. The number of nitrogens with zero attached hydrogens (tertiary/aromatic N) is 3. The maximum atomic E-state index is 12.4. The third-order valence-corrected chi connectivity index (χ3v) is 4.54. The first-order chi connectivity index (χ1) is 13.0. The van der Waals surface area contributed by atoms with Crippen molar-refractivity contribution in [1.82, 2.24) is 4.90 Å². The van der Waals surface area contributed by atoms with Gasteiger partial charge >= 0.3 is 5.97 Å². The van der Waals surface area contributed by atoms with Crippen LogP contribution >= 0.6 is 11.8 Å². The van der Waals surface area contributed by atoms with Crippen molar-refractivity contribution in [1.29, 1.82) is 5.26 Å². The normalized spacial score (nSPS) is 16.8. The Labute approximate surface area is 161 Å². The molecule has 0 bridgehead atoms. The first kappa shape index (κ1) is 20.4. The lowest BCUT2D eigenvalue weighted by Crippen LogP contribution is -2.30. The average Bonchev–Trinajstić information content (AvgIpc) is 2.91. The third kappa shape index (κ3) is 5.53. The van der Waals surface area contributed by atoms with E-state index in [4.69, 9.17) is 10.00 Å². The van der Waals surface area contributed by atoms with Gasteiger partial charge in [0.15, 0.2) is 5.92 Å². The lowest BCUT2D eigenvalue weighted by atomic mass is 10.1. The van der Waals surface area contributed by atoms with Gasteiger partial charge in [-0.1, -0.05) is 29.8 Å². The number of hydrogen-bond acceptors (Lipinski definition) is 7. The number of nitriles is 1. The predicted molar refractivity (Wildman–Crippen MR) is 103 cm³/mol. The summed E-state index contributed by atoms with van der Waals surface area (Å²) in [6, 6.07) is 9.41. The highest BCUT2D eigenvalue weighted by molar-refractivity contribution is 8.18. The molecule has 0 N–H and O–H groups in total. The van der Waals surface area contributed by atoms with E-state index >= 15 is 0 Å². The zero-order chi connectivity index (χ0) is 19.8. The van der Waals surface area contributed by atoms with Gasteiger partial charge in [0.1, 0.15) is 0 Å². The number of thioether (sulfide) groups is 1. The summed E-state index contributed by atoms with van der Waals surface area (Å²) < 4.78 is 4.76. The number of imide groups is 1. The van der Waals surface area contributed by atoms with Crippen LogP contribution in [0.2, 0.25) is 0 Å². The Balaban J connectivity index is 1.95. The minimum Gasteiger partial charge on any atom is -0.465 e. The molecule has 27 heavy (non-hydrogen) atoms. The van der Waals surface area contributed by atoms with Gasteiger partial charge in [0, 0.05) is 12.8 Å². The van der Waals surface area contributed by atoms with E-state index in [2.05, 4.69) is 4.99 Å². The molecule has 1 aliphatic rings. The molecule has 0 spiro atoms. The number of esters is 1. The fourth-order valence-electron chi connectivity index (χ4n) is 2.22. The zero-order valence-corrected chi connectivity index (χ0v) is 15.9. The van der Waals surface area contributed by atoms with E-state index in [0.29, 0.717) is 4.91 Å². The Hall–Kier alpha value is -2.92.